The standard InChI is InChI=1S/C18H29N3O/c1-14(21(2)13-15-7-4-3-5-8-15)12-20-18(22)11-16-9-6-10-17(16)19/h3-5,7-8,14,16-17H,6,9-13,19H2,1-2H3,(H,20,22)/t14?,16-,17+/m0/s1. The molecule has 2 rings (SSSR count). The monoisotopic (exact) mass is 303 g/mol. The Morgan fingerprint density at radius 3 is 2.73 bits per heavy atom. The topological polar surface area (TPSA) is 58.4 Å². The molecule has 4 nitrogen and oxygen atoms in total. The summed E-state index contributed by atoms with van der Waals surface area (Å²) in [4.78, 5) is 14.3. The van der Waals surface area contributed by atoms with E-state index in [1.54, 1.807) is 0 Å². The number of carbonyl (C=O) groups excluding carboxylic acids is 1. The van der Waals surface area contributed by atoms with Crippen molar-refractivity contribution >= 4 is 5.91 Å². The smallest absolute Gasteiger partial charge is 0.220 e. The summed E-state index contributed by atoms with van der Waals surface area (Å²) in [6, 6.07) is 10.9. The van der Waals surface area contributed by atoms with E-state index in [2.05, 4.69) is 48.5 Å². The Morgan fingerprint density at radius 1 is 1.36 bits per heavy atom. The summed E-state index contributed by atoms with van der Waals surface area (Å²) < 4.78 is 0. The van der Waals surface area contributed by atoms with Gasteiger partial charge in [-0.2, -0.15) is 0 Å². The molecule has 0 heterocycles. The van der Waals surface area contributed by atoms with E-state index in [1.807, 2.05) is 6.07 Å². The molecule has 0 spiro atoms. The number of nitrogens with two attached hydrogens (primary N) is 1. The van der Waals surface area contributed by atoms with E-state index in [0.717, 1.165) is 25.8 Å². The summed E-state index contributed by atoms with van der Waals surface area (Å²) in [5.74, 6) is 0.514. The maximum Gasteiger partial charge on any atom is 0.220 e. The predicted molar refractivity (Wildman–Crippen MR) is 90.3 cm³/mol. The molecule has 0 saturated heterocycles. The van der Waals surface area contributed by atoms with Crippen LogP contribution >= 0.6 is 0 Å². The lowest BCUT2D eigenvalue weighted by molar-refractivity contribution is -0.122. The lowest BCUT2D eigenvalue weighted by atomic mass is 10.00. The Morgan fingerprint density at radius 2 is 2.09 bits per heavy atom. The maximum atomic E-state index is 12.0. The normalized spacial score (nSPS) is 22.7. The molecule has 0 aliphatic heterocycles. The van der Waals surface area contributed by atoms with Crippen molar-refractivity contribution in [2.45, 2.75) is 51.2 Å². The van der Waals surface area contributed by atoms with E-state index in [1.165, 1.54) is 5.56 Å². The molecule has 1 fully saturated rings. The minimum Gasteiger partial charge on any atom is -0.355 e. The van der Waals surface area contributed by atoms with Crippen molar-refractivity contribution in [3.8, 4) is 0 Å². The Balaban J connectivity index is 1.70. The SMILES string of the molecule is CC(CNC(=O)C[C@@H]1CCC[C@H]1N)N(C)Cc1ccccc1. The Hall–Kier alpha value is -1.39. The van der Waals surface area contributed by atoms with E-state index in [4.69, 9.17) is 5.73 Å². The molecular weight excluding hydrogens is 274 g/mol. The minimum absolute atomic E-state index is 0.141. The lowest BCUT2D eigenvalue weighted by Crippen LogP contribution is -2.41. The Labute approximate surface area is 134 Å². The van der Waals surface area contributed by atoms with Crippen LogP contribution in [0.25, 0.3) is 0 Å². The third-order valence-electron chi connectivity index (χ3n) is 4.79. The van der Waals surface area contributed by atoms with Gasteiger partial charge >= 0.3 is 0 Å². The van der Waals surface area contributed by atoms with Gasteiger partial charge in [-0.05, 0) is 38.3 Å². The van der Waals surface area contributed by atoms with Crippen LogP contribution in [0.3, 0.4) is 0 Å². The van der Waals surface area contributed by atoms with Crippen LogP contribution in [-0.2, 0) is 11.3 Å². The zero-order chi connectivity index (χ0) is 15.9. The summed E-state index contributed by atoms with van der Waals surface area (Å²) in [6.45, 7) is 3.72. The number of amides is 1. The van der Waals surface area contributed by atoms with E-state index >= 15 is 0 Å². The number of likely N-dealkylation sites (N-methyl/N-ethyl adjacent to an activating group) is 1. The first-order chi connectivity index (χ1) is 10.6. The second-order valence-corrected chi connectivity index (χ2v) is 6.61. The van der Waals surface area contributed by atoms with Crippen molar-refractivity contribution < 1.29 is 4.79 Å². The van der Waals surface area contributed by atoms with Crippen LogP contribution in [0.1, 0.15) is 38.2 Å². The van der Waals surface area contributed by atoms with Crippen molar-refractivity contribution in [3.63, 3.8) is 0 Å². The molecule has 0 bridgehead atoms. The Bertz CT molecular complexity index is 463. The van der Waals surface area contributed by atoms with Crippen molar-refractivity contribution in [1.82, 2.24) is 10.2 Å². The predicted octanol–water partition coefficient (Wildman–Crippen LogP) is 2.14. The van der Waals surface area contributed by atoms with Gasteiger partial charge in [-0.1, -0.05) is 36.8 Å². The molecule has 122 valence electrons. The van der Waals surface area contributed by atoms with Gasteiger partial charge in [-0.3, -0.25) is 9.69 Å². The second-order valence-electron chi connectivity index (χ2n) is 6.61. The van der Waals surface area contributed by atoms with Gasteiger partial charge in [0.1, 0.15) is 0 Å². The minimum atomic E-state index is 0.141. The van der Waals surface area contributed by atoms with E-state index in [0.29, 0.717) is 24.9 Å². The van der Waals surface area contributed by atoms with Crippen LogP contribution in [0.5, 0.6) is 0 Å². The number of hydrogen-bond donors (Lipinski definition) is 2. The molecule has 1 aromatic carbocycles. The van der Waals surface area contributed by atoms with Gasteiger partial charge in [0.2, 0.25) is 5.91 Å². The molecule has 1 aliphatic rings. The number of carbonyl (C=O) groups is 1. The van der Waals surface area contributed by atoms with Gasteiger partial charge < -0.3 is 11.1 Å². The van der Waals surface area contributed by atoms with Crippen LogP contribution in [0.15, 0.2) is 30.3 Å². The largest absolute Gasteiger partial charge is 0.355 e. The number of hydrogen-bond acceptors (Lipinski definition) is 3. The average molecular weight is 303 g/mol. The average Bonchev–Trinajstić information content (AvgIpc) is 2.91. The second kappa shape index (κ2) is 8.30. The van der Waals surface area contributed by atoms with Crippen LogP contribution in [0.4, 0.5) is 0 Å². The molecule has 1 unspecified atom stereocenters. The summed E-state index contributed by atoms with van der Waals surface area (Å²) in [6.07, 6.45) is 3.90. The van der Waals surface area contributed by atoms with E-state index in [-0.39, 0.29) is 11.9 Å². The lowest BCUT2D eigenvalue weighted by Gasteiger charge is -2.25. The van der Waals surface area contributed by atoms with E-state index < -0.39 is 0 Å². The van der Waals surface area contributed by atoms with Crippen molar-refractivity contribution in [2.24, 2.45) is 11.7 Å². The quantitative estimate of drug-likeness (QED) is 0.811. The molecule has 3 atom stereocenters. The molecule has 1 saturated carbocycles. The highest BCUT2D eigenvalue weighted by atomic mass is 16.1. The molecule has 1 amide bonds. The van der Waals surface area contributed by atoms with Gasteiger partial charge in [0.15, 0.2) is 0 Å². The summed E-state index contributed by atoms with van der Waals surface area (Å²) in [5, 5.41) is 3.06. The Kier molecular flexibility index (Phi) is 6.40. The third kappa shape index (κ3) is 5.11. The highest BCUT2D eigenvalue weighted by Gasteiger charge is 2.26. The number of nitrogens with one attached hydrogen (secondary N) is 1. The summed E-state index contributed by atoms with van der Waals surface area (Å²) in [5.41, 5.74) is 7.32. The molecule has 1 aliphatic carbocycles. The van der Waals surface area contributed by atoms with Gasteiger partial charge in [-0.25, -0.2) is 0 Å². The fraction of sp³-hybridized carbons (Fsp3) is 0.611. The summed E-state index contributed by atoms with van der Waals surface area (Å²) >= 11 is 0. The van der Waals surface area contributed by atoms with Gasteiger partial charge in [-0.15, -0.1) is 0 Å². The van der Waals surface area contributed by atoms with Crippen LogP contribution < -0.4 is 11.1 Å². The molecule has 0 radical (unpaired) electrons. The number of benzene rings is 1. The van der Waals surface area contributed by atoms with Gasteiger partial charge in [0.25, 0.3) is 0 Å². The molecular formula is C18H29N3O. The first-order valence-corrected chi connectivity index (χ1v) is 8.32. The highest BCUT2D eigenvalue weighted by molar-refractivity contribution is 5.76. The zero-order valence-corrected chi connectivity index (χ0v) is 13.8. The first-order valence-electron chi connectivity index (χ1n) is 8.32. The third-order valence-corrected chi connectivity index (χ3v) is 4.79. The van der Waals surface area contributed by atoms with E-state index in [9.17, 15) is 4.79 Å². The summed E-state index contributed by atoms with van der Waals surface area (Å²) in [7, 11) is 2.09. The number of rotatable bonds is 7. The van der Waals surface area contributed by atoms with Crippen molar-refractivity contribution in [3.05, 3.63) is 35.9 Å². The maximum absolute atomic E-state index is 12.0. The molecule has 22 heavy (non-hydrogen) atoms. The fourth-order valence-corrected chi connectivity index (χ4v) is 3.07. The molecule has 4 heteroatoms. The van der Waals surface area contributed by atoms with Crippen molar-refractivity contribution in [2.75, 3.05) is 13.6 Å². The van der Waals surface area contributed by atoms with Gasteiger partial charge in [0, 0.05) is 31.6 Å². The highest BCUT2D eigenvalue weighted by Crippen LogP contribution is 2.26. The van der Waals surface area contributed by atoms with Crippen LogP contribution in [-0.4, -0.2) is 36.5 Å². The van der Waals surface area contributed by atoms with Crippen LogP contribution in [0, 0.1) is 5.92 Å². The van der Waals surface area contributed by atoms with Gasteiger partial charge in [0.05, 0.1) is 0 Å². The zero-order valence-electron chi connectivity index (χ0n) is 13.8. The molecule has 0 aromatic heterocycles. The van der Waals surface area contributed by atoms with Crippen LogP contribution in [0.2, 0.25) is 0 Å². The number of nitrogens with zero attached hydrogens (tertiary/aromatic N) is 1. The molecule has 3 N–H and O–H groups in total. The molecule has 1 aromatic rings. The first kappa shape index (κ1) is 17.0. The van der Waals surface area contributed by atoms with Crippen molar-refractivity contribution in [1.29, 1.82) is 0 Å². The fourth-order valence-electron chi connectivity index (χ4n) is 3.07.